The van der Waals surface area contributed by atoms with E-state index in [9.17, 15) is 9.90 Å². The van der Waals surface area contributed by atoms with Crippen molar-refractivity contribution >= 4 is 55.3 Å². The molecule has 164 valence electrons. The Labute approximate surface area is 204 Å². The Bertz CT molecular complexity index is 1520. The Hall–Kier alpha value is -3.28. The average molecular weight is 521 g/mol. The van der Waals surface area contributed by atoms with Gasteiger partial charge in [-0.25, -0.2) is 4.79 Å². The summed E-state index contributed by atoms with van der Waals surface area (Å²) in [5, 5.41) is 13.1. The van der Waals surface area contributed by atoms with Crippen LogP contribution in [0, 0.1) is 0 Å². The summed E-state index contributed by atoms with van der Waals surface area (Å²) >= 11 is 9.71. The molecule has 5 aromatic rings. The fourth-order valence-corrected chi connectivity index (χ4v) is 4.83. The highest BCUT2D eigenvalue weighted by Gasteiger charge is 2.22. The minimum absolute atomic E-state index is 0.102. The summed E-state index contributed by atoms with van der Waals surface area (Å²) in [5.41, 5.74) is 4.95. The molecule has 4 nitrogen and oxygen atoms in total. The summed E-state index contributed by atoms with van der Waals surface area (Å²) in [6.45, 7) is 0.551. The van der Waals surface area contributed by atoms with Crippen molar-refractivity contribution in [1.82, 2.24) is 4.57 Å². The third kappa shape index (κ3) is 3.77. The van der Waals surface area contributed by atoms with Gasteiger partial charge in [-0.2, -0.15) is 0 Å². The van der Waals surface area contributed by atoms with Gasteiger partial charge in [-0.15, -0.1) is 0 Å². The fourth-order valence-electron chi connectivity index (χ4n) is 4.29. The molecule has 0 amide bonds. The van der Waals surface area contributed by atoms with Crippen LogP contribution in [0.15, 0.2) is 83.3 Å². The quantitative estimate of drug-likeness (QED) is 0.251. The van der Waals surface area contributed by atoms with Crippen LogP contribution in [0.5, 0.6) is 5.75 Å². The predicted molar refractivity (Wildman–Crippen MR) is 136 cm³/mol. The number of phenolic OH excluding ortho intramolecular Hbond substituents is 1. The van der Waals surface area contributed by atoms with Crippen molar-refractivity contribution in [1.29, 1.82) is 0 Å². The van der Waals surface area contributed by atoms with Crippen LogP contribution in [0.4, 0.5) is 0 Å². The van der Waals surface area contributed by atoms with E-state index in [-0.39, 0.29) is 5.75 Å². The first kappa shape index (κ1) is 21.6. The first-order valence-electron chi connectivity index (χ1n) is 10.3. The zero-order valence-electron chi connectivity index (χ0n) is 17.7. The van der Waals surface area contributed by atoms with Crippen molar-refractivity contribution in [3.8, 4) is 16.9 Å². The highest BCUT2D eigenvalue weighted by atomic mass is 79.9. The van der Waals surface area contributed by atoms with E-state index >= 15 is 0 Å². The molecule has 6 heteroatoms. The molecular weight excluding hydrogens is 502 g/mol. The van der Waals surface area contributed by atoms with Gasteiger partial charge in [0.15, 0.2) is 0 Å². The van der Waals surface area contributed by atoms with Gasteiger partial charge in [-0.3, -0.25) is 0 Å². The number of nitrogens with zero attached hydrogens (tertiary/aromatic N) is 1. The third-order valence-corrected chi connectivity index (χ3v) is 6.87. The molecule has 0 saturated heterocycles. The van der Waals surface area contributed by atoms with E-state index in [2.05, 4.69) is 26.6 Å². The minimum Gasteiger partial charge on any atom is -0.507 e. The molecule has 0 spiro atoms. The van der Waals surface area contributed by atoms with E-state index in [1.54, 1.807) is 12.1 Å². The lowest BCUT2D eigenvalue weighted by atomic mass is 10.0. The minimum atomic E-state index is -0.443. The number of benzene rings is 4. The monoisotopic (exact) mass is 519 g/mol. The van der Waals surface area contributed by atoms with E-state index < -0.39 is 5.97 Å². The Balaban J connectivity index is 1.85. The number of ether oxygens (including phenoxy) is 1. The molecule has 5 rings (SSSR count). The lowest BCUT2D eigenvalue weighted by Crippen LogP contribution is -2.03. The van der Waals surface area contributed by atoms with Gasteiger partial charge in [0, 0.05) is 21.4 Å². The lowest BCUT2D eigenvalue weighted by molar-refractivity contribution is 0.0603. The number of phenols is 1. The highest BCUT2D eigenvalue weighted by Crippen LogP contribution is 2.41. The zero-order chi connectivity index (χ0) is 23.1. The molecule has 1 N–H and O–H groups in total. The standard InChI is InChI=1S/C27H19BrClNO3/c1-33-27(32)20-6-4-8-22-25(20)26-23(30(22)15-17-5-2-3-7-21(17)28)13-18(14-24(26)31)16-9-11-19(29)12-10-16/h2-14,31H,15H2,1H3. The van der Waals surface area contributed by atoms with Gasteiger partial charge in [0.1, 0.15) is 5.75 Å². The van der Waals surface area contributed by atoms with Gasteiger partial charge in [-0.1, -0.05) is 63.9 Å². The largest absolute Gasteiger partial charge is 0.507 e. The van der Waals surface area contributed by atoms with E-state index in [4.69, 9.17) is 16.3 Å². The number of rotatable bonds is 4. The number of aromatic hydroxyl groups is 1. The number of carbonyl (C=O) groups is 1. The molecule has 0 aliphatic carbocycles. The SMILES string of the molecule is COC(=O)c1cccc2c1c1c(O)cc(-c3ccc(Cl)cc3)cc1n2Cc1ccccc1Br. The number of carbonyl (C=O) groups excluding carboxylic acids is 1. The van der Waals surface area contributed by atoms with Gasteiger partial charge in [0.25, 0.3) is 0 Å². The Morgan fingerprint density at radius 1 is 0.939 bits per heavy atom. The maximum atomic E-state index is 12.6. The second-order valence-corrected chi connectivity index (χ2v) is 9.06. The Morgan fingerprint density at radius 3 is 2.42 bits per heavy atom. The first-order valence-corrected chi connectivity index (χ1v) is 11.5. The molecule has 0 unspecified atom stereocenters. The summed E-state index contributed by atoms with van der Waals surface area (Å²) in [7, 11) is 1.36. The lowest BCUT2D eigenvalue weighted by Gasteiger charge is -2.11. The van der Waals surface area contributed by atoms with Crippen LogP contribution in [-0.2, 0) is 11.3 Å². The third-order valence-electron chi connectivity index (χ3n) is 5.84. The van der Waals surface area contributed by atoms with Gasteiger partial charge >= 0.3 is 5.97 Å². The molecule has 0 aliphatic heterocycles. The molecule has 0 fully saturated rings. The Kier molecular flexibility index (Phi) is 5.60. The van der Waals surface area contributed by atoms with Gasteiger partial charge in [0.05, 0.1) is 29.1 Å². The van der Waals surface area contributed by atoms with Crippen molar-refractivity contribution in [3.63, 3.8) is 0 Å². The molecular formula is C27H19BrClNO3. The maximum absolute atomic E-state index is 12.6. The van der Waals surface area contributed by atoms with E-state index in [0.29, 0.717) is 27.9 Å². The summed E-state index contributed by atoms with van der Waals surface area (Å²) in [6, 6.07) is 24.8. The number of methoxy groups -OCH3 is 1. The van der Waals surface area contributed by atoms with Crippen molar-refractivity contribution in [2.45, 2.75) is 6.54 Å². The van der Waals surface area contributed by atoms with Gasteiger partial charge < -0.3 is 14.4 Å². The van der Waals surface area contributed by atoms with Crippen LogP contribution in [-0.4, -0.2) is 22.8 Å². The van der Waals surface area contributed by atoms with Crippen molar-refractivity contribution in [2.24, 2.45) is 0 Å². The number of hydrogen-bond acceptors (Lipinski definition) is 3. The van der Waals surface area contributed by atoms with E-state index in [1.807, 2.05) is 60.7 Å². The molecule has 1 aromatic heterocycles. The molecule has 33 heavy (non-hydrogen) atoms. The Morgan fingerprint density at radius 2 is 1.70 bits per heavy atom. The van der Waals surface area contributed by atoms with Gasteiger partial charge in [-0.05, 0) is 59.2 Å². The predicted octanol–water partition coefficient (Wildman–Crippen LogP) is 7.42. The summed E-state index contributed by atoms with van der Waals surface area (Å²) in [4.78, 5) is 12.6. The maximum Gasteiger partial charge on any atom is 0.338 e. The van der Waals surface area contributed by atoms with Crippen LogP contribution in [0.25, 0.3) is 32.9 Å². The smallest absolute Gasteiger partial charge is 0.338 e. The zero-order valence-corrected chi connectivity index (χ0v) is 20.0. The van der Waals surface area contributed by atoms with Gasteiger partial charge in [0.2, 0.25) is 0 Å². The molecule has 0 atom stereocenters. The van der Waals surface area contributed by atoms with Crippen LogP contribution in [0.1, 0.15) is 15.9 Å². The summed E-state index contributed by atoms with van der Waals surface area (Å²) < 4.78 is 8.14. The van der Waals surface area contributed by atoms with Crippen molar-refractivity contribution < 1.29 is 14.6 Å². The van der Waals surface area contributed by atoms with Crippen LogP contribution in [0.2, 0.25) is 5.02 Å². The topological polar surface area (TPSA) is 51.5 Å². The number of fused-ring (bicyclic) bond motifs is 3. The second kappa shape index (κ2) is 8.58. The van der Waals surface area contributed by atoms with Crippen LogP contribution >= 0.6 is 27.5 Å². The molecule has 0 saturated carbocycles. The van der Waals surface area contributed by atoms with Crippen molar-refractivity contribution in [3.05, 3.63) is 99.5 Å². The van der Waals surface area contributed by atoms with E-state index in [0.717, 1.165) is 32.2 Å². The van der Waals surface area contributed by atoms with Crippen LogP contribution < -0.4 is 0 Å². The summed E-state index contributed by atoms with van der Waals surface area (Å²) in [6.07, 6.45) is 0. The fraction of sp³-hybridized carbons (Fsp3) is 0.0741. The first-order chi connectivity index (χ1) is 16.0. The number of aromatic nitrogens is 1. The normalized spacial score (nSPS) is 11.2. The van der Waals surface area contributed by atoms with Crippen molar-refractivity contribution in [2.75, 3.05) is 7.11 Å². The molecule has 4 aromatic carbocycles. The average Bonchev–Trinajstić information content (AvgIpc) is 3.14. The highest BCUT2D eigenvalue weighted by molar-refractivity contribution is 9.10. The molecule has 0 aliphatic rings. The van der Waals surface area contributed by atoms with Crippen LogP contribution in [0.3, 0.4) is 0 Å². The number of hydrogen-bond donors (Lipinski definition) is 1. The second-order valence-electron chi connectivity index (χ2n) is 7.77. The number of esters is 1. The van der Waals surface area contributed by atoms with E-state index in [1.165, 1.54) is 7.11 Å². The molecule has 1 heterocycles. The number of halogens is 2. The molecule has 0 bridgehead atoms. The molecule has 0 radical (unpaired) electrons. The summed E-state index contributed by atoms with van der Waals surface area (Å²) in [5.74, 6) is -0.341.